The number of nitrogen functional groups attached to an aromatic ring is 1. The maximum atomic E-state index is 12.8. The molecule has 174 valence electrons. The molecule has 1 aliphatic rings. The summed E-state index contributed by atoms with van der Waals surface area (Å²) in [6.45, 7) is 4.65. The first-order valence-electron chi connectivity index (χ1n) is 10.1. The topological polar surface area (TPSA) is 150 Å². The maximum absolute atomic E-state index is 12.8. The van der Waals surface area contributed by atoms with Gasteiger partial charge in [0.25, 0.3) is 0 Å². The van der Waals surface area contributed by atoms with Crippen molar-refractivity contribution in [1.82, 2.24) is 19.1 Å². The molecular formula is C19H26N6O5S2. The van der Waals surface area contributed by atoms with Crippen molar-refractivity contribution in [1.29, 1.82) is 0 Å². The molecule has 1 aromatic heterocycles. The van der Waals surface area contributed by atoms with Gasteiger partial charge in [0.2, 0.25) is 21.9 Å². The van der Waals surface area contributed by atoms with Gasteiger partial charge in [0.15, 0.2) is 5.16 Å². The van der Waals surface area contributed by atoms with Crippen LogP contribution in [0.15, 0.2) is 34.3 Å². The fraction of sp³-hybridized carbons (Fsp3) is 0.474. The molecule has 0 radical (unpaired) electrons. The van der Waals surface area contributed by atoms with Gasteiger partial charge in [0, 0.05) is 18.8 Å². The van der Waals surface area contributed by atoms with E-state index < -0.39 is 27.9 Å². The van der Waals surface area contributed by atoms with E-state index in [0.29, 0.717) is 23.9 Å². The number of sulfonamides is 1. The molecule has 0 bridgehead atoms. The van der Waals surface area contributed by atoms with Crippen LogP contribution in [0.5, 0.6) is 0 Å². The summed E-state index contributed by atoms with van der Waals surface area (Å²) in [6.07, 6.45) is 1.72. The molecule has 1 aromatic carbocycles. The molecule has 13 heteroatoms. The van der Waals surface area contributed by atoms with Crippen LogP contribution < -0.4 is 11.1 Å². The van der Waals surface area contributed by atoms with Crippen molar-refractivity contribution in [2.75, 3.05) is 36.5 Å². The molecule has 1 aliphatic heterocycles. The van der Waals surface area contributed by atoms with Gasteiger partial charge in [-0.1, -0.05) is 11.8 Å². The van der Waals surface area contributed by atoms with Crippen molar-refractivity contribution in [2.24, 2.45) is 0 Å². The molecular weight excluding hydrogens is 456 g/mol. The maximum Gasteiger partial charge on any atom is 0.316 e. The number of anilines is 2. The van der Waals surface area contributed by atoms with E-state index in [0.717, 1.165) is 24.6 Å². The monoisotopic (exact) mass is 482 g/mol. The van der Waals surface area contributed by atoms with Crippen molar-refractivity contribution in [3.05, 3.63) is 24.3 Å². The summed E-state index contributed by atoms with van der Waals surface area (Å²) in [4.78, 5) is 24.6. The van der Waals surface area contributed by atoms with Crippen molar-refractivity contribution in [2.45, 2.75) is 42.8 Å². The Morgan fingerprint density at radius 1 is 1.22 bits per heavy atom. The molecule has 32 heavy (non-hydrogen) atoms. The van der Waals surface area contributed by atoms with Crippen LogP contribution in [0.4, 0.5) is 11.6 Å². The van der Waals surface area contributed by atoms with Crippen LogP contribution in [-0.2, 0) is 24.3 Å². The Morgan fingerprint density at radius 3 is 2.50 bits per heavy atom. The standard InChI is InChI=1S/C19H26N6O5S2/c1-3-30-16(26)12-31-19-23-22-18(20)25(19)13(2)17(27)21-14-6-8-15(9-7-14)32(28,29)24-10-4-5-11-24/h6-9,13H,3-5,10-12H2,1-2H3,(H2,20,22)(H,21,27). The molecule has 0 spiro atoms. The van der Waals surface area contributed by atoms with Crippen molar-refractivity contribution in [3.63, 3.8) is 0 Å². The Balaban J connectivity index is 1.67. The van der Waals surface area contributed by atoms with Gasteiger partial charge >= 0.3 is 5.97 Å². The van der Waals surface area contributed by atoms with E-state index in [9.17, 15) is 18.0 Å². The summed E-state index contributed by atoms with van der Waals surface area (Å²) in [6, 6.07) is 5.25. The van der Waals surface area contributed by atoms with Crippen LogP contribution in [-0.4, -0.2) is 64.8 Å². The van der Waals surface area contributed by atoms with E-state index in [4.69, 9.17) is 10.5 Å². The summed E-state index contributed by atoms with van der Waals surface area (Å²) >= 11 is 1.07. The van der Waals surface area contributed by atoms with Crippen molar-refractivity contribution >= 4 is 45.3 Å². The van der Waals surface area contributed by atoms with Crippen molar-refractivity contribution < 1.29 is 22.7 Å². The highest BCUT2D eigenvalue weighted by molar-refractivity contribution is 7.99. The van der Waals surface area contributed by atoms with Gasteiger partial charge in [-0.05, 0) is 51.0 Å². The lowest BCUT2D eigenvalue weighted by atomic mass is 10.2. The summed E-state index contributed by atoms with van der Waals surface area (Å²) in [5.74, 6) is -0.768. The highest BCUT2D eigenvalue weighted by atomic mass is 32.2. The second-order valence-corrected chi connectivity index (χ2v) is 9.99. The zero-order valence-corrected chi connectivity index (χ0v) is 19.5. The van der Waals surface area contributed by atoms with Crippen LogP contribution in [0.2, 0.25) is 0 Å². The fourth-order valence-electron chi connectivity index (χ4n) is 3.23. The van der Waals surface area contributed by atoms with Crippen LogP contribution in [0.25, 0.3) is 0 Å². The fourth-order valence-corrected chi connectivity index (χ4v) is 5.57. The van der Waals surface area contributed by atoms with E-state index >= 15 is 0 Å². The molecule has 1 saturated heterocycles. The molecule has 11 nitrogen and oxygen atoms in total. The highest BCUT2D eigenvalue weighted by Gasteiger charge is 2.27. The zero-order valence-electron chi connectivity index (χ0n) is 17.9. The number of amides is 1. The van der Waals surface area contributed by atoms with Gasteiger partial charge in [-0.25, -0.2) is 8.42 Å². The van der Waals surface area contributed by atoms with Gasteiger partial charge in [-0.2, -0.15) is 4.31 Å². The Bertz CT molecular complexity index is 1060. The quantitative estimate of drug-likeness (QED) is 0.400. The number of nitrogens with zero attached hydrogens (tertiary/aromatic N) is 4. The third kappa shape index (κ3) is 5.40. The highest BCUT2D eigenvalue weighted by Crippen LogP contribution is 2.25. The zero-order chi connectivity index (χ0) is 23.3. The Morgan fingerprint density at radius 2 is 1.88 bits per heavy atom. The average Bonchev–Trinajstić information content (AvgIpc) is 3.43. The minimum Gasteiger partial charge on any atom is -0.465 e. The summed E-state index contributed by atoms with van der Waals surface area (Å²) < 4.78 is 33.0. The van der Waals surface area contributed by atoms with E-state index in [1.54, 1.807) is 26.0 Å². The summed E-state index contributed by atoms with van der Waals surface area (Å²) in [5, 5.41) is 10.8. The normalized spacial score (nSPS) is 15.4. The lowest BCUT2D eigenvalue weighted by molar-refractivity contribution is -0.139. The number of benzene rings is 1. The number of carbonyl (C=O) groups excluding carboxylic acids is 2. The molecule has 1 unspecified atom stereocenters. The van der Waals surface area contributed by atoms with Crippen LogP contribution in [0.1, 0.15) is 32.7 Å². The molecule has 0 aliphatic carbocycles. The molecule has 2 aromatic rings. The molecule has 1 amide bonds. The molecule has 2 heterocycles. The van der Waals surface area contributed by atoms with Gasteiger partial charge in [-0.3, -0.25) is 14.2 Å². The first kappa shape index (κ1) is 24.0. The molecule has 1 atom stereocenters. The number of hydrogen-bond acceptors (Lipinski definition) is 9. The number of esters is 1. The predicted molar refractivity (Wildman–Crippen MR) is 120 cm³/mol. The van der Waals surface area contributed by atoms with Crippen molar-refractivity contribution in [3.8, 4) is 0 Å². The third-order valence-electron chi connectivity index (χ3n) is 4.91. The number of ether oxygens (including phenoxy) is 1. The number of rotatable bonds is 9. The predicted octanol–water partition coefficient (Wildman–Crippen LogP) is 1.50. The van der Waals surface area contributed by atoms with Gasteiger partial charge in [0.1, 0.15) is 6.04 Å². The SMILES string of the molecule is CCOC(=O)CSc1nnc(N)n1C(C)C(=O)Nc1ccc(S(=O)(=O)N2CCCC2)cc1. The van der Waals surface area contributed by atoms with E-state index in [-0.39, 0.29) is 23.2 Å². The molecule has 1 fully saturated rings. The third-order valence-corrected chi connectivity index (χ3v) is 7.74. The van der Waals surface area contributed by atoms with Crippen LogP contribution in [0.3, 0.4) is 0 Å². The largest absolute Gasteiger partial charge is 0.465 e. The van der Waals surface area contributed by atoms with Gasteiger partial charge in [-0.15, -0.1) is 10.2 Å². The number of nitrogens with two attached hydrogens (primary N) is 1. The number of aromatic nitrogens is 3. The van der Waals surface area contributed by atoms with Crippen LogP contribution >= 0.6 is 11.8 Å². The average molecular weight is 483 g/mol. The van der Waals surface area contributed by atoms with E-state index in [2.05, 4.69) is 15.5 Å². The second kappa shape index (κ2) is 10.3. The number of carbonyl (C=O) groups is 2. The second-order valence-electron chi connectivity index (χ2n) is 7.11. The Hall–Kier alpha value is -2.64. The summed E-state index contributed by atoms with van der Waals surface area (Å²) in [7, 11) is -3.52. The number of thioether (sulfide) groups is 1. The molecule has 3 rings (SSSR count). The summed E-state index contributed by atoms with van der Waals surface area (Å²) in [5.41, 5.74) is 6.31. The lowest BCUT2D eigenvalue weighted by Gasteiger charge is -2.17. The lowest BCUT2D eigenvalue weighted by Crippen LogP contribution is -2.28. The van der Waals surface area contributed by atoms with E-state index in [1.165, 1.54) is 21.0 Å². The number of hydrogen-bond donors (Lipinski definition) is 2. The minimum absolute atomic E-state index is 0.00721. The first-order valence-corrected chi connectivity index (χ1v) is 12.6. The first-order chi connectivity index (χ1) is 15.2. The number of nitrogens with one attached hydrogen (secondary N) is 1. The van der Waals surface area contributed by atoms with Crippen LogP contribution in [0, 0.1) is 0 Å². The van der Waals surface area contributed by atoms with Gasteiger partial charge in [0.05, 0.1) is 17.3 Å². The Kier molecular flexibility index (Phi) is 7.74. The van der Waals surface area contributed by atoms with Gasteiger partial charge < -0.3 is 15.8 Å². The smallest absolute Gasteiger partial charge is 0.316 e. The van der Waals surface area contributed by atoms with E-state index in [1.807, 2.05) is 0 Å². The molecule has 0 saturated carbocycles. The Labute approximate surface area is 190 Å². The minimum atomic E-state index is -3.52. The molecule has 3 N–H and O–H groups in total.